The van der Waals surface area contributed by atoms with E-state index in [0.717, 1.165) is 24.4 Å². The summed E-state index contributed by atoms with van der Waals surface area (Å²) in [6.45, 7) is 8.36. The molecule has 0 bridgehead atoms. The van der Waals surface area contributed by atoms with Crippen LogP contribution < -0.4 is 5.32 Å². The average molecular weight is 286 g/mol. The third-order valence-electron chi connectivity index (χ3n) is 5.48. The molecule has 3 rings (SSSR count). The third kappa shape index (κ3) is 3.67. The second-order valence-electron chi connectivity index (χ2n) is 7.25. The molecular formula is C19H30N2. The standard InChI is InChI=1S/C19H30N2/c1-15(2)17-12-18(13-17)20-14-19(21-10-6-7-11-21)16-8-4-3-5-9-16/h3-5,8-9,15,17-20H,6-7,10-14H2,1-2H3. The van der Waals surface area contributed by atoms with Gasteiger partial charge in [-0.1, -0.05) is 44.2 Å². The molecule has 1 saturated heterocycles. The van der Waals surface area contributed by atoms with Crippen molar-refractivity contribution in [3.8, 4) is 0 Å². The van der Waals surface area contributed by atoms with Crippen LogP contribution in [0.15, 0.2) is 30.3 Å². The van der Waals surface area contributed by atoms with Crippen LogP contribution in [-0.2, 0) is 0 Å². The minimum absolute atomic E-state index is 0.562. The highest BCUT2D eigenvalue weighted by molar-refractivity contribution is 5.20. The van der Waals surface area contributed by atoms with Crippen LogP contribution in [0.2, 0.25) is 0 Å². The summed E-state index contributed by atoms with van der Waals surface area (Å²) in [5, 5.41) is 3.84. The highest BCUT2D eigenvalue weighted by Crippen LogP contribution is 2.34. The molecular weight excluding hydrogens is 256 g/mol. The fraction of sp³-hybridized carbons (Fsp3) is 0.684. The molecule has 21 heavy (non-hydrogen) atoms. The zero-order chi connectivity index (χ0) is 14.7. The van der Waals surface area contributed by atoms with Crippen molar-refractivity contribution in [1.29, 1.82) is 0 Å². The highest BCUT2D eigenvalue weighted by Gasteiger charge is 2.32. The van der Waals surface area contributed by atoms with Gasteiger partial charge in [0.05, 0.1) is 0 Å². The molecule has 2 fully saturated rings. The van der Waals surface area contributed by atoms with Crippen LogP contribution in [0.25, 0.3) is 0 Å². The lowest BCUT2D eigenvalue weighted by molar-refractivity contribution is 0.151. The maximum atomic E-state index is 3.84. The van der Waals surface area contributed by atoms with Gasteiger partial charge in [0.15, 0.2) is 0 Å². The molecule has 1 unspecified atom stereocenters. The van der Waals surface area contributed by atoms with Gasteiger partial charge in [-0.25, -0.2) is 0 Å². The van der Waals surface area contributed by atoms with Gasteiger partial charge in [-0.15, -0.1) is 0 Å². The van der Waals surface area contributed by atoms with Crippen molar-refractivity contribution in [3.05, 3.63) is 35.9 Å². The van der Waals surface area contributed by atoms with E-state index in [1.54, 1.807) is 0 Å². The normalized spacial score (nSPS) is 27.8. The molecule has 1 aliphatic heterocycles. The van der Waals surface area contributed by atoms with Crippen molar-refractivity contribution in [2.75, 3.05) is 19.6 Å². The Balaban J connectivity index is 1.56. The molecule has 1 N–H and O–H groups in total. The summed E-state index contributed by atoms with van der Waals surface area (Å²) in [7, 11) is 0. The van der Waals surface area contributed by atoms with Crippen LogP contribution in [0, 0.1) is 11.8 Å². The van der Waals surface area contributed by atoms with Gasteiger partial charge in [0.2, 0.25) is 0 Å². The summed E-state index contributed by atoms with van der Waals surface area (Å²) in [5.41, 5.74) is 1.48. The molecule has 2 nitrogen and oxygen atoms in total. The summed E-state index contributed by atoms with van der Waals surface area (Å²) >= 11 is 0. The highest BCUT2D eigenvalue weighted by atomic mass is 15.2. The van der Waals surface area contributed by atoms with Gasteiger partial charge in [0.25, 0.3) is 0 Å². The number of rotatable bonds is 6. The topological polar surface area (TPSA) is 15.3 Å². The molecule has 0 aromatic heterocycles. The first kappa shape index (κ1) is 15.1. The summed E-state index contributed by atoms with van der Waals surface area (Å²) < 4.78 is 0. The molecule has 116 valence electrons. The minimum atomic E-state index is 0.562. The van der Waals surface area contributed by atoms with Crippen molar-refractivity contribution < 1.29 is 0 Å². The van der Waals surface area contributed by atoms with Gasteiger partial charge in [0.1, 0.15) is 0 Å². The maximum absolute atomic E-state index is 3.84. The van der Waals surface area contributed by atoms with Crippen molar-refractivity contribution in [2.45, 2.75) is 51.6 Å². The second-order valence-corrected chi connectivity index (χ2v) is 7.25. The molecule has 0 amide bonds. The Morgan fingerprint density at radius 1 is 1.10 bits per heavy atom. The Kier molecular flexibility index (Phi) is 4.97. The van der Waals surface area contributed by atoms with E-state index in [9.17, 15) is 0 Å². The fourth-order valence-electron chi connectivity index (χ4n) is 3.84. The van der Waals surface area contributed by atoms with Crippen LogP contribution in [0.4, 0.5) is 0 Å². The van der Waals surface area contributed by atoms with Crippen LogP contribution in [0.1, 0.15) is 51.1 Å². The third-order valence-corrected chi connectivity index (χ3v) is 5.48. The van der Waals surface area contributed by atoms with Crippen molar-refractivity contribution >= 4 is 0 Å². The molecule has 2 aliphatic rings. The average Bonchev–Trinajstić information content (AvgIpc) is 2.95. The van der Waals surface area contributed by atoms with Crippen LogP contribution in [0.5, 0.6) is 0 Å². The van der Waals surface area contributed by atoms with Gasteiger partial charge in [-0.2, -0.15) is 0 Å². The second kappa shape index (κ2) is 6.93. The van der Waals surface area contributed by atoms with Crippen LogP contribution in [0.3, 0.4) is 0 Å². The molecule has 2 heteroatoms. The van der Waals surface area contributed by atoms with Gasteiger partial charge < -0.3 is 5.32 Å². The lowest BCUT2D eigenvalue weighted by Crippen LogP contribution is -2.46. The minimum Gasteiger partial charge on any atom is -0.312 e. The van der Waals surface area contributed by atoms with Gasteiger partial charge >= 0.3 is 0 Å². The first-order valence-electron chi connectivity index (χ1n) is 8.76. The molecule has 1 saturated carbocycles. The Morgan fingerprint density at radius 2 is 1.76 bits per heavy atom. The van der Waals surface area contributed by atoms with Gasteiger partial charge in [-0.05, 0) is 56.2 Å². The van der Waals surface area contributed by atoms with Gasteiger partial charge in [-0.3, -0.25) is 4.90 Å². The molecule has 0 radical (unpaired) electrons. The van der Waals surface area contributed by atoms with E-state index < -0.39 is 0 Å². The Morgan fingerprint density at radius 3 is 2.38 bits per heavy atom. The monoisotopic (exact) mass is 286 g/mol. The SMILES string of the molecule is CC(C)C1CC(NCC(c2ccccc2)N2CCCC2)C1. The summed E-state index contributed by atoms with van der Waals surface area (Å²) in [5.74, 6) is 1.80. The number of hydrogen-bond acceptors (Lipinski definition) is 2. The largest absolute Gasteiger partial charge is 0.312 e. The zero-order valence-corrected chi connectivity index (χ0v) is 13.6. The van der Waals surface area contributed by atoms with Crippen molar-refractivity contribution in [1.82, 2.24) is 10.2 Å². The number of nitrogens with zero attached hydrogens (tertiary/aromatic N) is 1. The predicted octanol–water partition coefficient (Wildman–Crippen LogP) is 3.85. The zero-order valence-electron chi connectivity index (χ0n) is 13.6. The smallest absolute Gasteiger partial charge is 0.0472 e. The van der Waals surface area contributed by atoms with Crippen LogP contribution in [-0.4, -0.2) is 30.6 Å². The lowest BCUT2D eigenvalue weighted by atomic mass is 9.73. The van der Waals surface area contributed by atoms with E-state index in [4.69, 9.17) is 0 Å². The first-order chi connectivity index (χ1) is 10.2. The Bertz CT molecular complexity index is 416. The molecule has 1 aliphatic carbocycles. The number of nitrogens with one attached hydrogen (secondary N) is 1. The predicted molar refractivity (Wildman–Crippen MR) is 89.3 cm³/mol. The lowest BCUT2D eigenvalue weighted by Gasteiger charge is -2.40. The van der Waals surface area contributed by atoms with Crippen molar-refractivity contribution in [3.63, 3.8) is 0 Å². The van der Waals surface area contributed by atoms with Crippen LogP contribution >= 0.6 is 0 Å². The number of likely N-dealkylation sites (tertiary alicyclic amines) is 1. The number of benzene rings is 1. The molecule has 0 spiro atoms. The van der Waals surface area contributed by atoms with E-state index in [1.807, 2.05) is 0 Å². The van der Waals surface area contributed by atoms with E-state index in [-0.39, 0.29) is 0 Å². The molecule has 1 aromatic rings. The quantitative estimate of drug-likeness (QED) is 0.854. The van der Waals surface area contributed by atoms with E-state index >= 15 is 0 Å². The molecule has 1 atom stereocenters. The first-order valence-corrected chi connectivity index (χ1v) is 8.76. The van der Waals surface area contributed by atoms with Crippen molar-refractivity contribution in [2.24, 2.45) is 11.8 Å². The summed E-state index contributed by atoms with van der Waals surface area (Å²) in [6.07, 6.45) is 5.47. The Labute approximate surface area is 129 Å². The summed E-state index contributed by atoms with van der Waals surface area (Å²) in [4.78, 5) is 2.67. The molecule has 1 heterocycles. The fourth-order valence-corrected chi connectivity index (χ4v) is 3.84. The number of hydrogen-bond donors (Lipinski definition) is 1. The maximum Gasteiger partial charge on any atom is 0.0472 e. The van der Waals surface area contributed by atoms with E-state index in [2.05, 4.69) is 54.4 Å². The summed E-state index contributed by atoms with van der Waals surface area (Å²) in [6, 6.07) is 12.4. The van der Waals surface area contributed by atoms with E-state index in [1.165, 1.54) is 44.3 Å². The Hall–Kier alpha value is -0.860. The molecule has 1 aromatic carbocycles. The van der Waals surface area contributed by atoms with Gasteiger partial charge in [0, 0.05) is 18.6 Å². The van der Waals surface area contributed by atoms with E-state index in [0.29, 0.717) is 6.04 Å².